The first-order chi connectivity index (χ1) is 9.81. The van der Waals surface area contributed by atoms with Crippen molar-refractivity contribution in [2.45, 2.75) is 18.7 Å². The van der Waals surface area contributed by atoms with Crippen molar-refractivity contribution >= 4 is 26.0 Å². The predicted molar refractivity (Wildman–Crippen MR) is 83.9 cm³/mol. The monoisotopic (exact) mass is 377 g/mol. The molecule has 1 aromatic rings. The van der Waals surface area contributed by atoms with Crippen LogP contribution < -0.4 is 4.74 Å². The predicted octanol–water partition coefficient (Wildman–Crippen LogP) is 2.02. The van der Waals surface area contributed by atoms with Gasteiger partial charge in [0.15, 0.2) is 0 Å². The molecule has 1 N–H and O–H groups in total. The van der Waals surface area contributed by atoms with E-state index >= 15 is 0 Å². The van der Waals surface area contributed by atoms with Gasteiger partial charge in [-0.25, -0.2) is 8.42 Å². The molecule has 1 aliphatic heterocycles. The van der Waals surface area contributed by atoms with Crippen molar-refractivity contribution in [1.29, 1.82) is 0 Å². The molecular weight excluding hydrogens is 358 g/mol. The van der Waals surface area contributed by atoms with Gasteiger partial charge in [0.25, 0.3) is 0 Å². The van der Waals surface area contributed by atoms with Gasteiger partial charge in [-0.2, -0.15) is 4.31 Å². The van der Waals surface area contributed by atoms with Crippen LogP contribution in [-0.4, -0.2) is 44.6 Å². The lowest BCUT2D eigenvalue weighted by Gasteiger charge is -2.19. The Hall–Kier alpha value is -0.630. The van der Waals surface area contributed by atoms with Gasteiger partial charge in [-0.3, -0.25) is 0 Å². The normalized spacial score (nSPS) is 23.5. The molecule has 0 aromatic heterocycles. The van der Waals surface area contributed by atoms with Crippen LogP contribution >= 0.6 is 15.9 Å². The van der Waals surface area contributed by atoms with E-state index in [-0.39, 0.29) is 23.3 Å². The number of halogens is 1. The topological polar surface area (TPSA) is 66.8 Å². The highest BCUT2D eigenvalue weighted by molar-refractivity contribution is 9.10. The molecule has 7 heteroatoms. The van der Waals surface area contributed by atoms with Crippen molar-refractivity contribution in [3.63, 3.8) is 0 Å². The summed E-state index contributed by atoms with van der Waals surface area (Å²) >= 11 is 3.37. The van der Waals surface area contributed by atoms with Gasteiger partial charge in [-0.1, -0.05) is 22.9 Å². The fraction of sp³-hybridized carbons (Fsp3) is 0.571. The molecular formula is C14H20BrNO4S. The fourth-order valence-electron chi connectivity index (χ4n) is 2.56. The Morgan fingerprint density at radius 2 is 2.10 bits per heavy atom. The van der Waals surface area contributed by atoms with Crippen molar-refractivity contribution < 1.29 is 18.3 Å². The van der Waals surface area contributed by atoms with Crippen molar-refractivity contribution in [1.82, 2.24) is 4.31 Å². The lowest BCUT2D eigenvalue weighted by molar-refractivity contribution is 0.210. The Balaban J connectivity index is 2.43. The van der Waals surface area contributed by atoms with Gasteiger partial charge in [0.1, 0.15) is 10.6 Å². The van der Waals surface area contributed by atoms with E-state index in [2.05, 4.69) is 15.9 Å². The number of hydrogen-bond acceptors (Lipinski definition) is 4. The summed E-state index contributed by atoms with van der Waals surface area (Å²) in [6.07, 6.45) is 0. The van der Waals surface area contributed by atoms with Crippen molar-refractivity contribution in [2.24, 2.45) is 11.8 Å². The molecule has 118 valence electrons. The van der Waals surface area contributed by atoms with Gasteiger partial charge in [0, 0.05) is 24.2 Å². The zero-order valence-corrected chi connectivity index (χ0v) is 14.7. The van der Waals surface area contributed by atoms with Gasteiger partial charge >= 0.3 is 0 Å². The molecule has 21 heavy (non-hydrogen) atoms. The van der Waals surface area contributed by atoms with Gasteiger partial charge in [-0.15, -0.1) is 0 Å². The maximum absolute atomic E-state index is 12.8. The van der Waals surface area contributed by atoms with Crippen molar-refractivity contribution in [2.75, 3.05) is 26.8 Å². The molecule has 1 aromatic carbocycles. The first-order valence-corrected chi connectivity index (χ1v) is 8.99. The highest BCUT2D eigenvalue weighted by Gasteiger charge is 2.38. The first kappa shape index (κ1) is 16.7. The Morgan fingerprint density at radius 1 is 1.43 bits per heavy atom. The van der Waals surface area contributed by atoms with E-state index in [9.17, 15) is 13.5 Å². The standard InChI is InChI=1S/C14H20BrNO4S/c1-9-4-13(20-3)14(5-12(9)15)21(18,19)16-6-10(2)11(7-16)8-17/h4-5,10-11,17H,6-8H2,1-3H3/t10-,11+/m1/s1. The molecule has 2 atom stereocenters. The van der Waals surface area contributed by atoms with Gasteiger partial charge in [-0.05, 0) is 36.5 Å². The van der Waals surface area contributed by atoms with Gasteiger partial charge in [0.2, 0.25) is 10.0 Å². The molecule has 0 amide bonds. The number of aliphatic hydroxyl groups is 1. The van der Waals surface area contributed by atoms with E-state index < -0.39 is 10.0 Å². The molecule has 1 saturated heterocycles. The minimum atomic E-state index is -3.63. The van der Waals surface area contributed by atoms with E-state index in [1.54, 1.807) is 12.1 Å². The van der Waals surface area contributed by atoms with Gasteiger partial charge < -0.3 is 9.84 Å². The smallest absolute Gasteiger partial charge is 0.246 e. The van der Waals surface area contributed by atoms with Crippen LogP contribution in [0, 0.1) is 18.8 Å². The zero-order valence-electron chi connectivity index (χ0n) is 12.3. The summed E-state index contributed by atoms with van der Waals surface area (Å²) in [5, 5.41) is 9.32. The Labute approximate surface area is 134 Å². The second-order valence-electron chi connectivity index (χ2n) is 5.49. The molecule has 0 radical (unpaired) electrons. The third-order valence-corrected chi connectivity index (χ3v) is 6.74. The molecule has 0 bridgehead atoms. The molecule has 5 nitrogen and oxygen atoms in total. The van der Waals surface area contributed by atoms with Crippen LogP contribution in [0.3, 0.4) is 0 Å². The fourth-order valence-corrected chi connectivity index (χ4v) is 4.81. The zero-order chi connectivity index (χ0) is 15.8. The lowest BCUT2D eigenvalue weighted by atomic mass is 10.00. The summed E-state index contributed by atoms with van der Waals surface area (Å²) in [6.45, 7) is 4.60. The van der Waals surface area contributed by atoms with E-state index in [1.165, 1.54) is 11.4 Å². The number of ether oxygens (including phenoxy) is 1. The number of aryl methyl sites for hydroxylation is 1. The van der Waals surface area contributed by atoms with E-state index in [0.717, 1.165) is 10.0 Å². The van der Waals surface area contributed by atoms with E-state index in [4.69, 9.17) is 4.74 Å². The number of sulfonamides is 1. The largest absolute Gasteiger partial charge is 0.495 e. The third-order valence-electron chi connectivity index (χ3n) is 4.03. The minimum absolute atomic E-state index is 0.00190. The first-order valence-electron chi connectivity index (χ1n) is 6.76. The molecule has 2 rings (SSSR count). The van der Waals surface area contributed by atoms with Crippen LogP contribution in [0.2, 0.25) is 0 Å². The number of hydrogen-bond donors (Lipinski definition) is 1. The van der Waals surface area contributed by atoms with Crippen LogP contribution in [0.25, 0.3) is 0 Å². The average molecular weight is 378 g/mol. The van der Waals surface area contributed by atoms with Crippen LogP contribution in [0.5, 0.6) is 5.75 Å². The Bertz CT molecular complexity index is 632. The Morgan fingerprint density at radius 3 is 2.62 bits per heavy atom. The lowest BCUT2D eigenvalue weighted by Crippen LogP contribution is -2.29. The maximum Gasteiger partial charge on any atom is 0.246 e. The highest BCUT2D eigenvalue weighted by Crippen LogP contribution is 2.35. The van der Waals surface area contributed by atoms with Crippen LogP contribution in [0.4, 0.5) is 0 Å². The number of nitrogens with zero attached hydrogens (tertiary/aromatic N) is 1. The molecule has 0 aliphatic carbocycles. The molecule has 0 unspecified atom stereocenters. The summed E-state index contributed by atoms with van der Waals surface area (Å²) in [4.78, 5) is 0.160. The molecule has 0 spiro atoms. The highest BCUT2D eigenvalue weighted by atomic mass is 79.9. The molecule has 0 saturated carbocycles. The summed E-state index contributed by atoms with van der Waals surface area (Å²) in [5.41, 5.74) is 0.911. The van der Waals surface area contributed by atoms with Crippen molar-refractivity contribution in [3.05, 3.63) is 22.2 Å². The average Bonchev–Trinajstić information content (AvgIpc) is 2.83. The van der Waals surface area contributed by atoms with E-state index in [1.807, 2.05) is 13.8 Å². The summed E-state index contributed by atoms with van der Waals surface area (Å²) in [7, 11) is -2.17. The minimum Gasteiger partial charge on any atom is -0.495 e. The van der Waals surface area contributed by atoms with Crippen LogP contribution in [0.15, 0.2) is 21.5 Å². The molecule has 1 aliphatic rings. The SMILES string of the molecule is COc1cc(C)c(Br)cc1S(=O)(=O)N1C[C@@H](CO)[C@H](C)C1. The quantitative estimate of drug-likeness (QED) is 0.871. The summed E-state index contributed by atoms with van der Waals surface area (Å²) < 4.78 is 33.0. The second kappa shape index (κ2) is 6.24. The van der Waals surface area contributed by atoms with Crippen LogP contribution in [-0.2, 0) is 10.0 Å². The number of benzene rings is 1. The number of methoxy groups -OCH3 is 1. The Kier molecular flexibility index (Phi) is 4.97. The summed E-state index contributed by atoms with van der Waals surface area (Å²) in [5.74, 6) is 0.472. The second-order valence-corrected chi connectivity index (χ2v) is 8.25. The summed E-state index contributed by atoms with van der Waals surface area (Å²) in [6, 6.07) is 3.29. The number of rotatable bonds is 4. The number of aliphatic hydroxyl groups excluding tert-OH is 1. The van der Waals surface area contributed by atoms with Crippen molar-refractivity contribution in [3.8, 4) is 5.75 Å². The maximum atomic E-state index is 12.8. The molecule has 1 fully saturated rings. The molecule has 1 heterocycles. The van der Waals surface area contributed by atoms with Crippen LogP contribution in [0.1, 0.15) is 12.5 Å². The third kappa shape index (κ3) is 3.11. The van der Waals surface area contributed by atoms with E-state index in [0.29, 0.717) is 18.8 Å². The van der Waals surface area contributed by atoms with Gasteiger partial charge in [0.05, 0.1) is 7.11 Å².